The Kier molecular flexibility index (Phi) is 9.13. The number of allylic oxidation sites excluding steroid dienone is 1. The first-order valence-corrected chi connectivity index (χ1v) is 16.4. The monoisotopic (exact) mass is 612 g/mol. The van der Waals surface area contributed by atoms with Crippen LogP contribution in [0, 0.1) is 41.5 Å². The van der Waals surface area contributed by atoms with Crippen molar-refractivity contribution in [1.82, 2.24) is 0 Å². The van der Waals surface area contributed by atoms with Crippen molar-refractivity contribution in [1.29, 1.82) is 0 Å². The SMILES string of the molecule is C/C(=C\c1cc(C)ccc1N(c1ccc(C)cc1)c1ccc(C)cc1C)c1ccc(N(c2ccc(C)cc2)c2ccc(C)cc2)cc1. The van der Waals surface area contributed by atoms with Crippen molar-refractivity contribution < 1.29 is 0 Å². The van der Waals surface area contributed by atoms with Crippen LogP contribution in [0.5, 0.6) is 0 Å². The summed E-state index contributed by atoms with van der Waals surface area (Å²) >= 11 is 0. The minimum absolute atomic E-state index is 1.13. The van der Waals surface area contributed by atoms with Crippen LogP contribution in [0.1, 0.15) is 51.4 Å². The van der Waals surface area contributed by atoms with Crippen molar-refractivity contribution in [2.75, 3.05) is 9.80 Å². The number of rotatable bonds is 8. The molecule has 0 saturated carbocycles. The topological polar surface area (TPSA) is 6.48 Å². The molecule has 0 saturated heterocycles. The zero-order valence-corrected chi connectivity index (χ0v) is 28.7. The number of hydrogen-bond acceptors (Lipinski definition) is 2. The third-order valence-electron chi connectivity index (χ3n) is 8.85. The van der Waals surface area contributed by atoms with E-state index in [0.717, 1.165) is 28.4 Å². The first-order chi connectivity index (χ1) is 22.7. The number of nitrogens with zero attached hydrogens (tertiary/aromatic N) is 2. The van der Waals surface area contributed by atoms with Crippen LogP contribution in [-0.2, 0) is 0 Å². The van der Waals surface area contributed by atoms with Crippen LogP contribution in [0.3, 0.4) is 0 Å². The summed E-state index contributed by atoms with van der Waals surface area (Å²) in [5, 5.41) is 0. The smallest absolute Gasteiger partial charge is 0.0534 e. The van der Waals surface area contributed by atoms with Gasteiger partial charge < -0.3 is 9.80 Å². The molecule has 0 unspecified atom stereocenters. The number of aryl methyl sites for hydroxylation is 6. The van der Waals surface area contributed by atoms with Gasteiger partial charge in [0.2, 0.25) is 0 Å². The Labute approximate surface area is 281 Å². The van der Waals surface area contributed by atoms with Gasteiger partial charge in [-0.25, -0.2) is 0 Å². The first kappa shape index (κ1) is 31.6. The first-order valence-electron chi connectivity index (χ1n) is 16.4. The highest BCUT2D eigenvalue weighted by molar-refractivity contribution is 5.90. The molecule has 2 heteroatoms. The Balaban J connectivity index is 1.40. The zero-order valence-electron chi connectivity index (χ0n) is 28.7. The second-order valence-corrected chi connectivity index (χ2v) is 12.9. The van der Waals surface area contributed by atoms with Gasteiger partial charge in [-0.1, -0.05) is 94.5 Å². The predicted octanol–water partition coefficient (Wildman–Crippen LogP) is 13.0. The number of benzene rings is 6. The summed E-state index contributed by atoms with van der Waals surface area (Å²) in [5.41, 5.74) is 18.0. The molecule has 6 aromatic rings. The molecule has 234 valence electrons. The Bertz CT molecular complexity index is 1970. The largest absolute Gasteiger partial charge is 0.311 e. The highest BCUT2D eigenvalue weighted by Crippen LogP contribution is 2.41. The lowest BCUT2D eigenvalue weighted by atomic mass is 9.99. The molecule has 6 rings (SSSR count). The summed E-state index contributed by atoms with van der Waals surface area (Å²) in [6.45, 7) is 15.1. The fourth-order valence-electron chi connectivity index (χ4n) is 6.18. The second kappa shape index (κ2) is 13.6. The average molecular weight is 613 g/mol. The zero-order chi connectivity index (χ0) is 33.1. The molecule has 0 aliphatic carbocycles. The predicted molar refractivity (Wildman–Crippen MR) is 204 cm³/mol. The van der Waals surface area contributed by atoms with Crippen molar-refractivity contribution in [3.63, 3.8) is 0 Å². The van der Waals surface area contributed by atoms with Crippen molar-refractivity contribution in [2.45, 2.75) is 48.5 Å². The molecular weight excluding hydrogens is 569 g/mol. The van der Waals surface area contributed by atoms with Gasteiger partial charge in [0.25, 0.3) is 0 Å². The fraction of sp³-hybridized carbons (Fsp3) is 0.156. The van der Waals surface area contributed by atoms with Gasteiger partial charge in [-0.2, -0.15) is 0 Å². The molecule has 0 spiro atoms. The van der Waals surface area contributed by atoms with Gasteiger partial charge in [-0.3, -0.25) is 0 Å². The second-order valence-electron chi connectivity index (χ2n) is 12.9. The van der Waals surface area contributed by atoms with Crippen LogP contribution in [0.25, 0.3) is 11.6 Å². The lowest BCUT2D eigenvalue weighted by Gasteiger charge is -2.29. The quantitative estimate of drug-likeness (QED) is 0.158. The van der Waals surface area contributed by atoms with Gasteiger partial charge in [0.05, 0.1) is 5.69 Å². The molecule has 0 fully saturated rings. The molecule has 0 amide bonds. The van der Waals surface area contributed by atoms with Crippen LogP contribution in [0.2, 0.25) is 0 Å². The molecule has 2 nitrogen and oxygen atoms in total. The van der Waals surface area contributed by atoms with Crippen LogP contribution >= 0.6 is 0 Å². The molecule has 47 heavy (non-hydrogen) atoms. The molecule has 0 atom stereocenters. The van der Waals surface area contributed by atoms with Gasteiger partial charge >= 0.3 is 0 Å². The van der Waals surface area contributed by atoms with E-state index in [0.29, 0.717) is 0 Å². The van der Waals surface area contributed by atoms with Crippen molar-refractivity contribution in [3.05, 3.63) is 178 Å². The third-order valence-corrected chi connectivity index (χ3v) is 8.85. The summed E-state index contributed by atoms with van der Waals surface area (Å²) in [7, 11) is 0. The van der Waals surface area contributed by atoms with Crippen molar-refractivity contribution >= 4 is 45.8 Å². The van der Waals surface area contributed by atoms with Gasteiger partial charge in [-0.05, 0) is 144 Å². The molecule has 0 aliphatic rings. The Morgan fingerprint density at radius 1 is 0.404 bits per heavy atom. The summed E-state index contributed by atoms with van der Waals surface area (Å²) in [4.78, 5) is 4.72. The summed E-state index contributed by atoms with van der Waals surface area (Å²) in [5.74, 6) is 0. The van der Waals surface area contributed by atoms with E-state index in [4.69, 9.17) is 0 Å². The third kappa shape index (κ3) is 7.08. The van der Waals surface area contributed by atoms with E-state index in [1.54, 1.807) is 0 Å². The maximum atomic E-state index is 2.40. The van der Waals surface area contributed by atoms with Gasteiger partial charge in [0, 0.05) is 28.4 Å². The lowest BCUT2D eigenvalue weighted by molar-refractivity contribution is 1.22. The van der Waals surface area contributed by atoms with E-state index in [9.17, 15) is 0 Å². The molecule has 0 aliphatic heterocycles. The van der Waals surface area contributed by atoms with Crippen LogP contribution < -0.4 is 9.80 Å². The van der Waals surface area contributed by atoms with E-state index in [1.165, 1.54) is 55.8 Å². The minimum atomic E-state index is 1.13. The van der Waals surface area contributed by atoms with Crippen molar-refractivity contribution in [2.24, 2.45) is 0 Å². The summed E-state index contributed by atoms with van der Waals surface area (Å²) in [6, 6.07) is 48.8. The Hall–Kier alpha value is -5.34. The standard InChI is InChI=1S/C45H44N2/c1-31-8-18-40(19-9-31)46(41-20-10-32(2)11-21-41)42-24-16-38(17-25-42)36(6)30-39-29-35(5)15-27-45(39)47(43-22-12-33(3)13-23-43)44-26-14-34(4)28-37(44)7/h8-30H,1-7H3/b36-30+. The van der Waals surface area contributed by atoms with Crippen LogP contribution in [0.4, 0.5) is 34.1 Å². The van der Waals surface area contributed by atoms with E-state index < -0.39 is 0 Å². The van der Waals surface area contributed by atoms with Crippen LogP contribution in [-0.4, -0.2) is 0 Å². The van der Waals surface area contributed by atoms with Crippen LogP contribution in [0.15, 0.2) is 133 Å². The van der Waals surface area contributed by atoms with Crippen molar-refractivity contribution in [3.8, 4) is 0 Å². The van der Waals surface area contributed by atoms with E-state index in [-0.39, 0.29) is 0 Å². The van der Waals surface area contributed by atoms with Gasteiger partial charge in [-0.15, -0.1) is 0 Å². The molecule has 0 bridgehead atoms. The molecule has 6 aromatic carbocycles. The fourth-order valence-corrected chi connectivity index (χ4v) is 6.18. The minimum Gasteiger partial charge on any atom is -0.311 e. The van der Waals surface area contributed by atoms with E-state index in [1.807, 2.05) is 0 Å². The Morgan fingerprint density at radius 3 is 1.26 bits per heavy atom. The molecule has 0 radical (unpaired) electrons. The van der Waals surface area contributed by atoms with E-state index >= 15 is 0 Å². The molecule has 0 N–H and O–H groups in total. The average Bonchev–Trinajstić information content (AvgIpc) is 3.06. The number of anilines is 6. The maximum Gasteiger partial charge on any atom is 0.0534 e. The van der Waals surface area contributed by atoms with Gasteiger partial charge in [0.15, 0.2) is 0 Å². The highest BCUT2D eigenvalue weighted by atomic mass is 15.1. The Morgan fingerprint density at radius 2 is 0.787 bits per heavy atom. The molecular formula is C45H44N2. The van der Waals surface area contributed by atoms with E-state index in [2.05, 4.69) is 198 Å². The summed E-state index contributed by atoms with van der Waals surface area (Å²) < 4.78 is 0. The maximum absolute atomic E-state index is 2.40. The molecule has 0 aromatic heterocycles. The number of hydrogen-bond donors (Lipinski definition) is 0. The highest BCUT2D eigenvalue weighted by Gasteiger charge is 2.18. The normalized spacial score (nSPS) is 11.4. The lowest BCUT2D eigenvalue weighted by Crippen LogP contribution is -2.13. The van der Waals surface area contributed by atoms with Gasteiger partial charge in [0.1, 0.15) is 0 Å². The molecule has 0 heterocycles. The summed E-state index contributed by atoms with van der Waals surface area (Å²) in [6.07, 6.45) is 2.33.